The molecule has 0 unspecified atom stereocenters. The molecule has 0 saturated carbocycles. The zero-order valence-electron chi connectivity index (χ0n) is 14.2. The van der Waals surface area contributed by atoms with Gasteiger partial charge in [0.25, 0.3) is 0 Å². The normalized spacial score (nSPS) is 33.3. The van der Waals surface area contributed by atoms with Crippen molar-refractivity contribution in [3.8, 4) is 0 Å². The number of esters is 2. The second-order valence-corrected chi connectivity index (χ2v) is 6.07. The van der Waals surface area contributed by atoms with E-state index in [4.69, 9.17) is 28.4 Å². The Bertz CT molecular complexity index is 743. The van der Waals surface area contributed by atoms with Crippen molar-refractivity contribution in [1.29, 1.82) is 0 Å². The number of rotatable bonds is 3. The molecule has 0 amide bonds. The molecule has 1 aromatic carbocycles. The first-order chi connectivity index (χ1) is 12.6. The van der Waals surface area contributed by atoms with E-state index in [1.165, 1.54) is 14.2 Å². The third kappa shape index (κ3) is 2.71. The number of hydrogen-bond acceptors (Lipinski definition) is 8. The van der Waals surface area contributed by atoms with Gasteiger partial charge in [-0.05, 0) is 0 Å². The van der Waals surface area contributed by atoms with Crippen molar-refractivity contribution in [3.63, 3.8) is 0 Å². The minimum atomic E-state index is -0.915. The molecular formula is C18H18O8. The summed E-state index contributed by atoms with van der Waals surface area (Å²) in [4.78, 5) is 24.3. The fourth-order valence-corrected chi connectivity index (χ4v) is 3.43. The second-order valence-electron chi connectivity index (χ2n) is 6.07. The highest BCUT2D eigenvalue weighted by molar-refractivity contribution is 6.16. The Kier molecular flexibility index (Phi) is 4.49. The minimum absolute atomic E-state index is 0.200. The van der Waals surface area contributed by atoms with E-state index in [1.807, 2.05) is 30.3 Å². The summed E-state index contributed by atoms with van der Waals surface area (Å²) >= 11 is 0. The Morgan fingerprint density at radius 3 is 2.62 bits per heavy atom. The molecule has 3 aliphatic heterocycles. The fourth-order valence-electron chi connectivity index (χ4n) is 3.43. The molecule has 3 aliphatic rings. The molecule has 8 nitrogen and oxygen atoms in total. The van der Waals surface area contributed by atoms with Crippen LogP contribution < -0.4 is 0 Å². The number of benzene rings is 1. The molecule has 4 rings (SSSR count). The Morgan fingerprint density at radius 1 is 1.15 bits per heavy atom. The van der Waals surface area contributed by atoms with Crippen LogP contribution in [0.1, 0.15) is 11.9 Å². The van der Waals surface area contributed by atoms with Gasteiger partial charge in [0, 0.05) is 12.7 Å². The highest BCUT2D eigenvalue weighted by atomic mass is 16.7. The summed E-state index contributed by atoms with van der Waals surface area (Å²) in [6, 6.07) is 9.41. The summed E-state index contributed by atoms with van der Waals surface area (Å²) in [5.74, 6) is -1.56. The van der Waals surface area contributed by atoms with E-state index in [2.05, 4.69) is 0 Å². The third-order valence-corrected chi connectivity index (χ3v) is 4.62. The van der Waals surface area contributed by atoms with Gasteiger partial charge >= 0.3 is 11.9 Å². The van der Waals surface area contributed by atoms with Crippen LogP contribution >= 0.6 is 0 Å². The highest BCUT2D eigenvalue weighted by Crippen LogP contribution is 2.41. The SMILES string of the molecule is COC(=O)C1=C2[C@@H](OC)O[C@@H]3CO[C@@H](c4ccccc4)O[C@H]3[C@@H]2OC1=O. The van der Waals surface area contributed by atoms with E-state index in [0.29, 0.717) is 5.57 Å². The molecule has 26 heavy (non-hydrogen) atoms. The topological polar surface area (TPSA) is 89.5 Å². The minimum Gasteiger partial charge on any atom is -0.465 e. The summed E-state index contributed by atoms with van der Waals surface area (Å²) in [5.41, 5.74) is 0.927. The van der Waals surface area contributed by atoms with Gasteiger partial charge in [-0.15, -0.1) is 0 Å². The summed E-state index contributed by atoms with van der Waals surface area (Å²) in [5, 5.41) is 0. The molecule has 3 heterocycles. The number of fused-ring (bicyclic) bond motifs is 3. The van der Waals surface area contributed by atoms with Gasteiger partial charge in [-0.1, -0.05) is 30.3 Å². The van der Waals surface area contributed by atoms with Crippen LogP contribution in [0.2, 0.25) is 0 Å². The van der Waals surface area contributed by atoms with E-state index < -0.39 is 42.8 Å². The van der Waals surface area contributed by atoms with Gasteiger partial charge in [-0.2, -0.15) is 0 Å². The molecule has 0 spiro atoms. The quantitative estimate of drug-likeness (QED) is 0.578. The summed E-state index contributed by atoms with van der Waals surface area (Å²) in [6.45, 7) is 0.235. The van der Waals surface area contributed by atoms with Gasteiger partial charge in [0.2, 0.25) is 0 Å². The van der Waals surface area contributed by atoms with Crippen molar-refractivity contribution in [2.24, 2.45) is 0 Å². The average molecular weight is 362 g/mol. The number of hydrogen-bond donors (Lipinski definition) is 0. The molecule has 8 heteroatoms. The molecule has 2 fully saturated rings. The average Bonchev–Trinajstić information content (AvgIpc) is 3.04. The van der Waals surface area contributed by atoms with Crippen molar-refractivity contribution >= 4 is 11.9 Å². The van der Waals surface area contributed by atoms with Crippen molar-refractivity contribution < 1.29 is 38.0 Å². The molecule has 0 aromatic heterocycles. The zero-order valence-corrected chi connectivity index (χ0v) is 14.2. The van der Waals surface area contributed by atoms with Gasteiger partial charge in [-0.25, -0.2) is 9.59 Å². The zero-order chi connectivity index (χ0) is 18.3. The van der Waals surface area contributed by atoms with Gasteiger partial charge in [0.1, 0.15) is 12.2 Å². The lowest BCUT2D eigenvalue weighted by atomic mass is 9.93. The maximum atomic E-state index is 12.2. The third-order valence-electron chi connectivity index (χ3n) is 4.62. The Morgan fingerprint density at radius 2 is 1.92 bits per heavy atom. The van der Waals surface area contributed by atoms with Gasteiger partial charge in [-0.3, -0.25) is 0 Å². The van der Waals surface area contributed by atoms with E-state index in [-0.39, 0.29) is 12.2 Å². The molecule has 0 radical (unpaired) electrons. The van der Waals surface area contributed by atoms with Gasteiger partial charge < -0.3 is 28.4 Å². The predicted molar refractivity (Wildman–Crippen MR) is 84.6 cm³/mol. The number of carbonyl (C=O) groups is 2. The Balaban J connectivity index is 1.67. The predicted octanol–water partition coefficient (Wildman–Crippen LogP) is 0.867. The van der Waals surface area contributed by atoms with Crippen molar-refractivity contribution in [2.45, 2.75) is 30.9 Å². The molecule has 138 valence electrons. The van der Waals surface area contributed by atoms with Crippen LogP contribution in [0.3, 0.4) is 0 Å². The van der Waals surface area contributed by atoms with Crippen LogP contribution in [-0.2, 0) is 38.0 Å². The number of methoxy groups -OCH3 is 2. The van der Waals surface area contributed by atoms with Gasteiger partial charge in [0.15, 0.2) is 24.3 Å². The van der Waals surface area contributed by atoms with E-state index in [9.17, 15) is 9.59 Å². The maximum absolute atomic E-state index is 12.2. The van der Waals surface area contributed by atoms with Crippen LogP contribution in [0.15, 0.2) is 41.5 Å². The summed E-state index contributed by atoms with van der Waals surface area (Å²) < 4.78 is 33.1. The lowest BCUT2D eigenvalue weighted by Gasteiger charge is -2.44. The molecule has 5 atom stereocenters. The molecule has 2 saturated heterocycles. The lowest BCUT2D eigenvalue weighted by molar-refractivity contribution is -0.316. The van der Waals surface area contributed by atoms with Crippen LogP contribution in [-0.4, -0.2) is 57.4 Å². The lowest BCUT2D eigenvalue weighted by Crippen LogP contribution is -2.56. The largest absolute Gasteiger partial charge is 0.465 e. The number of carbonyl (C=O) groups excluding carboxylic acids is 2. The van der Waals surface area contributed by atoms with Crippen LogP contribution in [0.5, 0.6) is 0 Å². The first-order valence-corrected chi connectivity index (χ1v) is 8.17. The van der Waals surface area contributed by atoms with Crippen molar-refractivity contribution in [1.82, 2.24) is 0 Å². The fraction of sp³-hybridized carbons (Fsp3) is 0.444. The van der Waals surface area contributed by atoms with Gasteiger partial charge in [0.05, 0.1) is 19.3 Å². The Hall–Kier alpha value is -2.26. The molecule has 1 aromatic rings. The number of ether oxygens (including phenoxy) is 6. The molecular weight excluding hydrogens is 344 g/mol. The molecule has 0 bridgehead atoms. The molecule has 0 aliphatic carbocycles. The van der Waals surface area contributed by atoms with Crippen LogP contribution in [0.25, 0.3) is 0 Å². The first-order valence-electron chi connectivity index (χ1n) is 8.17. The van der Waals surface area contributed by atoms with E-state index in [0.717, 1.165) is 5.56 Å². The summed E-state index contributed by atoms with van der Waals surface area (Å²) in [7, 11) is 2.62. The second kappa shape index (κ2) is 6.81. The standard InChI is InChI=1S/C18H18O8/c1-21-15(19)12-11-14(25-16(12)20)13-10(24-18(11)22-2)8-23-17(26-13)9-6-4-3-5-7-9/h3-7,10,13-14,17-18H,8H2,1-2H3/t10-,13-,14-,17-,18+/m1/s1. The summed E-state index contributed by atoms with van der Waals surface area (Å²) in [6.07, 6.45) is -3.46. The smallest absolute Gasteiger partial charge is 0.346 e. The maximum Gasteiger partial charge on any atom is 0.346 e. The van der Waals surface area contributed by atoms with E-state index in [1.54, 1.807) is 0 Å². The van der Waals surface area contributed by atoms with Crippen LogP contribution in [0, 0.1) is 0 Å². The van der Waals surface area contributed by atoms with Crippen molar-refractivity contribution in [2.75, 3.05) is 20.8 Å². The first kappa shape index (κ1) is 17.2. The van der Waals surface area contributed by atoms with E-state index >= 15 is 0 Å². The van der Waals surface area contributed by atoms with Crippen LogP contribution in [0.4, 0.5) is 0 Å². The monoisotopic (exact) mass is 362 g/mol. The molecule has 0 N–H and O–H groups in total. The highest BCUT2D eigenvalue weighted by Gasteiger charge is 2.55. The van der Waals surface area contributed by atoms with Crippen molar-refractivity contribution in [3.05, 3.63) is 47.0 Å². The Labute approximate surface area is 149 Å².